The monoisotopic (exact) mass is 380 g/mol. The van der Waals surface area contributed by atoms with Gasteiger partial charge < -0.3 is 15.7 Å². The van der Waals surface area contributed by atoms with Gasteiger partial charge in [0.2, 0.25) is 0 Å². The van der Waals surface area contributed by atoms with Gasteiger partial charge in [-0.3, -0.25) is 14.3 Å². The van der Waals surface area contributed by atoms with Crippen LogP contribution in [0.25, 0.3) is 10.9 Å². The number of aromatic amines is 1. The number of benzene rings is 1. The molecule has 2 aromatic rings. The van der Waals surface area contributed by atoms with E-state index in [1.165, 1.54) is 4.57 Å². The Labute approximate surface area is 153 Å². The van der Waals surface area contributed by atoms with Crippen LogP contribution in [0.1, 0.15) is 30.9 Å². The smallest absolute Gasteiger partial charge is 0.329 e. The first-order valence-electron chi connectivity index (χ1n) is 9.11. The van der Waals surface area contributed by atoms with Crippen LogP contribution in [0.2, 0.25) is 0 Å². The Balaban J connectivity index is 1.94. The number of rotatable bonds is 4. The Morgan fingerprint density at radius 3 is 2.67 bits per heavy atom. The molecule has 0 bridgehead atoms. The van der Waals surface area contributed by atoms with Crippen LogP contribution in [0.4, 0.5) is 14.5 Å². The van der Waals surface area contributed by atoms with E-state index in [4.69, 9.17) is 5.73 Å². The second-order valence-corrected chi connectivity index (χ2v) is 7.53. The van der Waals surface area contributed by atoms with E-state index in [9.17, 15) is 19.1 Å². The lowest BCUT2D eigenvalue weighted by molar-refractivity contribution is 0.350. The number of hydrogen-bond acceptors (Lipinski definition) is 5. The van der Waals surface area contributed by atoms with Crippen molar-refractivity contribution in [3.63, 3.8) is 0 Å². The lowest BCUT2D eigenvalue weighted by atomic mass is 10.0. The molecule has 2 aliphatic rings. The number of nitrogens with zero attached hydrogens (tertiary/aromatic N) is 2. The predicted molar refractivity (Wildman–Crippen MR) is 97.7 cm³/mol. The van der Waals surface area contributed by atoms with E-state index in [0.717, 1.165) is 12.8 Å². The average Bonchev–Trinajstić information content (AvgIpc) is 3.35. The molecule has 2 atom stereocenters. The van der Waals surface area contributed by atoms with Gasteiger partial charge in [0.25, 0.3) is 5.56 Å². The number of aryl methyl sites for hydroxylation is 1. The zero-order valence-electron chi connectivity index (χ0n) is 15.0. The third-order valence-electron chi connectivity index (χ3n) is 5.74. The van der Waals surface area contributed by atoms with Crippen LogP contribution in [-0.2, 0) is 0 Å². The topological polar surface area (TPSA) is 104 Å². The largest absolute Gasteiger partial charge is 0.504 e. The number of aromatic nitrogens is 2. The maximum absolute atomic E-state index is 15.0. The summed E-state index contributed by atoms with van der Waals surface area (Å²) in [5.41, 5.74) is 5.25. The molecule has 1 aromatic carbocycles. The summed E-state index contributed by atoms with van der Waals surface area (Å²) in [7, 11) is 0. The predicted octanol–water partition coefficient (Wildman–Crippen LogP) is 1.30. The fourth-order valence-corrected chi connectivity index (χ4v) is 4.16. The van der Waals surface area contributed by atoms with Crippen LogP contribution in [0.15, 0.2) is 9.59 Å². The molecule has 1 aliphatic heterocycles. The summed E-state index contributed by atoms with van der Waals surface area (Å²) in [5.74, 6) is -1.79. The van der Waals surface area contributed by atoms with Gasteiger partial charge in [-0.2, -0.15) is 0 Å². The quantitative estimate of drug-likeness (QED) is 0.742. The number of fused-ring (bicyclic) bond motifs is 1. The van der Waals surface area contributed by atoms with Crippen LogP contribution in [0.3, 0.4) is 0 Å². The standard InChI is InChI=1S/C18H22F2N4O3/c1-8-14-12(17(26)22-18(27)24(14)10-2-3-10)16(25)13(20)15(8)23-5-4-9(7-23)11(21)6-19/h9-11,25H,2-7,21H2,1H3,(H,22,26,27). The number of phenolic OH excluding ortho intramolecular Hbond substituents is 1. The van der Waals surface area contributed by atoms with E-state index in [0.29, 0.717) is 25.1 Å². The molecule has 146 valence electrons. The molecule has 0 radical (unpaired) electrons. The minimum Gasteiger partial charge on any atom is -0.504 e. The van der Waals surface area contributed by atoms with Gasteiger partial charge in [-0.15, -0.1) is 0 Å². The first-order valence-corrected chi connectivity index (χ1v) is 9.11. The second kappa shape index (κ2) is 6.33. The Morgan fingerprint density at radius 2 is 2.04 bits per heavy atom. The first kappa shape index (κ1) is 18.0. The molecule has 2 heterocycles. The highest BCUT2D eigenvalue weighted by atomic mass is 19.1. The van der Waals surface area contributed by atoms with Crippen molar-refractivity contribution < 1.29 is 13.9 Å². The van der Waals surface area contributed by atoms with Crippen molar-refractivity contribution in [2.45, 2.75) is 38.3 Å². The number of anilines is 1. The number of alkyl halides is 1. The summed E-state index contributed by atoms with van der Waals surface area (Å²) in [6.45, 7) is 1.79. The molecule has 9 heteroatoms. The summed E-state index contributed by atoms with van der Waals surface area (Å²) in [6.07, 6.45) is 2.17. The molecular formula is C18H22F2N4O3. The molecule has 1 aromatic heterocycles. The molecule has 4 N–H and O–H groups in total. The molecule has 2 fully saturated rings. The van der Waals surface area contributed by atoms with Crippen molar-refractivity contribution in [2.24, 2.45) is 11.7 Å². The van der Waals surface area contributed by atoms with Crippen LogP contribution in [0.5, 0.6) is 5.75 Å². The van der Waals surface area contributed by atoms with Gasteiger partial charge in [-0.25, -0.2) is 13.6 Å². The highest BCUT2D eigenvalue weighted by Gasteiger charge is 2.34. The van der Waals surface area contributed by atoms with Crippen LogP contribution < -0.4 is 21.9 Å². The number of nitrogens with two attached hydrogens (primary N) is 1. The fourth-order valence-electron chi connectivity index (χ4n) is 4.16. The summed E-state index contributed by atoms with van der Waals surface area (Å²) >= 11 is 0. The number of halogens is 2. The minimum atomic E-state index is -0.902. The van der Waals surface area contributed by atoms with Gasteiger partial charge in [0.05, 0.1) is 11.2 Å². The summed E-state index contributed by atoms with van der Waals surface area (Å²) < 4.78 is 29.4. The van der Waals surface area contributed by atoms with E-state index >= 15 is 4.39 Å². The van der Waals surface area contributed by atoms with E-state index in [1.54, 1.807) is 11.8 Å². The summed E-state index contributed by atoms with van der Waals surface area (Å²) in [4.78, 5) is 28.5. The SMILES string of the molecule is Cc1c(N2CCC(C(N)CF)C2)c(F)c(O)c2c(=O)[nH]c(=O)n(C3CC3)c12. The van der Waals surface area contributed by atoms with Crippen molar-refractivity contribution in [1.29, 1.82) is 0 Å². The second-order valence-electron chi connectivity index (χ2n) is 7.53. The Morgan fingerprint density at radius 1 is 1.33 bits per heavy atom. The average molecular weight is 380 g/mol. The van der Waals surface area contributed by atoms with Gasteiger partial charge in [-0.1, -0.05) is 0 Å². The van der Waals surface area contributed by atoms with Crippen molar-refractivity contribution in [3.8, 4) is 5.75 Å². The van der Waals surface area contributed by atoms with Crippen LogP contribution in [-0.4, -0.2) is 40.5 Å². The molecule has 4 rings (SSSR count). The molecule has 27 heavy (non-hydrogen) atoms. The van der Waals surface area contributed by atoms with Crippen molar-refractivity contribution >= 4 is 16.6 Å². The lowest BCUT2D eigenvalue weighted by Crippen LogP contribution is -2.35. The highest BCUT2D eigenvalue weighted by Crippen LogP contribution is 2.42. The van der Waals surface area contributed by atoms with Crippen molar-refractivity contribution in [2.75, 3.05) is 24.7 Å². The summed E-state index contributed by atoms with van der Waals surface area (Å²) in [6, 6.07) is -0.695. The maximum atomic E-state index is 15.0. The van der Waals surface area contributed by atoms with E-state index in [-0.39, 0.29) is 28.6 Å². The normalized spacial score (nSPS) is 21.2. The van der Waals surface area contributed by atoms with Gasteiger partial charge in [0.15, 0.2) is 11.6 Å². The van der Waals surface area contributed by atoms with E-state index in [1.807, 2.05) is 0 Å². The number of nitrogens with one attached hydrogen (secondary N) is 1. The Kier molecular flexibility index (Phi) is 4.21. The minimum absolute atomic E-state index is 0.0699. The van der Waals surface area contributed by atoms with E-state index < -0.39 is 35.5 Å². The zero-order valence-corrected chi connectivity index (χ0v) is 15.0. The van der Waals surface area contributed by atoms with Gasteiger partial charge in [0, 0.05) is 30.7 Å². The van der Waals surface area contributed by atoms with Crippen molar-refractivity contribution in [1.82, 2.24) is 9.55 Å². The first-order chi connectivity index (χ1) is 12.8. The zero-order chi connectivity index (χ0) is 19.5. The molecule has 2 unspecified atom stereocenters. The number of hydrogen-bond donors (Lipinski definition) is 3. The third kappa shape index (κ3) is 2.72. The third-order valence-corrected chi connectivity index (χ3v) is 5.74. The number of H-pyrrole nitrogens is 1. The fraction of sp³-hybridized carbons (Fsp3) is 0.556. The lowest BCUT2D eigenvalue weighted by Gasteiger charge is -2.25. The molecule has 7 nitrogen and oxygen atoms in total. The van der Waals surface area contributed by atoms with Crippen LogP contribution in [0, 0.1) is 18.7 Å². The van der Waals surface area contributed by atoms with Crippen LogP contribution >= 0.6 is 0 Å². The summed E-state index contributed by atoms with van der Waals surface area (Å²) in [5, 5.41) is 10.2. The molecule has 1 saturated heterocycles. The number of phenols is 1. The van der Waals surface area contributed by atoms with Gasteiger partial charge >= 0.3 is 5.69 Å². The van der Waals surface area contributed by atoms with Crippen molar-refractivity contribution in [3.05, 3.63) is 32.2 Å². The van der Waals surface area contributed by atoms with E-state index in [2.05, 4.69) is 4.98 Å². The molecular weight excluding hydrogens is 358 g/mol. The molecule has 1 aliphatic carbocycles. The Hall–Kier alpha value is -2.42. The number of aromatic hydroxyl groups is 1. The Bertz CT molecular complexity index is 1030. The highest BCUT2D eigenvalue weighted by molar-refractivity contribution is 5.92. The molecule has 1 saturated carbocycles. The maximum Gasteiger partial charge on any atom is 0.329 e. The molecule has 0 amide bonds. The molecule has 0 spiro atoms. The van der Waals surface area contributed by atoms with Gasteiger partial charge in [0.1, 0.15) is 12.1 Å². The van der Waals surface area contributed by atoms with Gasteiger partial charge in [-0.05, 0) is 32.1 Å².